The molecule has 1 aromatic carbocycles. The summed E-state index contributed by atoms with van der Waals surface area (Å²) in [5.74, 6) is -0.0149. The lowest BCUT2D eigenvalue weighted by Crippen LogP contribution is -2.37. The normalized spacial score (nSPS) is 12.7. The summed E-state index contributed by atoms with van der Waals surface area (Å²) >= 11 is 0. The minimum atomic E-state index is -3.43. The second kappa shape index (κ2) is 8.77. The molecule has 0 aliphatic rings. The van der Waals surface area contributed by atoms with E-state index in [2.05, 4.69) is 15.0 Å². The molecule has 0 fully saturated rings. The number of aromatic nitrogens is 2. The van der Waals surface area contributed by atoms with E-state index in [1.807, 2.05) is 17.7 Å². The third kappa shape index (κ3) is 5.68. The highest BCUT2D eigenvalue weighted by Crippen LogP contribution is 2.11. The van der Waals surface area contributed by atoms with Crippen molar-refractivity contribution >= 4 is 15.9 Å². The van der Waals surface area contributed by atoms with Crippen molar-refractivity contribution < 1.29 is 13.2 Å². The van der Waals surface area contributed by atoms with Crippen LogP contribution in [0, 0.1) is 0 Å². The van der Waals surface area contributed by atoms with Crippen molar-refractivity contribution in [2.75, 3.05) is 7.05 Å². The second-order valence-electron chi connectivity index (χ2n) is 5.78. The molecule has 0 aliphatic carbocycles. The molecule has 2 rings (SSSR count). The zero-order valence-electron chi connectivity index (χ0n) is 14.5. The van der Waals surface area contributed by atoms with Crippen LogP contribution in [0.3, 0.4) is 0 Å². The van der Waals surface area contributed by atoms with Crippen LogP contribution in [0.15, 0.2) is 47.9 Å². The molecule has 0 saturated carbocycles. The number of imidazole rings is 1. The van der Waals surface area contributed by atoms with Crippen LogP contribution in [0.25, 0.3) is 0 Å². The van der Waals surface area contributed by atoms with Crippen molar-refractivity contribution in [2.24, 2.45) is 0 Å². The number of hydrogen-bond donors (Lipinski definition) is 2. The summed E-state index contributed by atoms with van der Waals surface area (Å²) in [4.78, 5) is 16.4. The van der Waals surface area contributed by atoms with Crippen LogP contribution in [0.4, 0.5) is 0 Å². The van der Waals surface area contributed by atoms with Gasteiger partial charge in [-0.1, -0.05) is 19.1 Å². The Morgan fingerprint density at radius 2 is 2.00 bits per heavy atom. The smallest absolute Gasteiger partial charge is 0.240 e. The SMILES string of the molecule is CC[C@H](Cn1ccnc1)NC(=O)CCc1ccc(S(=O)(=O)NC)cc1. The summed E-state index contributed by atoms with van der Waals surface area (Å²) in [6.45, 7) is 2.72. The van der Waals surface area contributed by atoms with Crippen molar-refractivity contribution in [3.8, 4) is 0 Å². The van der Waals surface area contributed by atoms with E-state index in [0.717, 1.165) is 12.0 Å². The zero-order valence-corrected chi connectivity index (χ0v) is 15.3. The van der Waals surface area contributed by atoms with Gasteiger partial charge in [0.15, 0.2) is 0 Å². The van der Waals surface area contributed by atoms with Crippen LogP contribution in [0.1, 0.15) is 25.3 Å². The zero-order chi connectivity index (χ0) is 18.3. The Labute approximate surface area is 148 Å². The average Bonchev–Trinajstić information content (AvgIpc) is 3.12. The molecule has 0 radical (unpaired) electrons. The number of nitrogens with one attached hydrogen (secondary N) is 2. The minimum Gasteiger partial charge on any atom is -0.352 e. The van der Waals surface area contributed by atoms with Gasteiger partial charge in [-0.15, -0.1) is 0 Å². The van der Waals surface area contributed by atoms with Crippen molar-refractivity contribution in [2.45, 2.75) is 43.7 Å². The lowest BCUT2D eigenvalue weighted by Gasteiger charge is -2.17. The Bertz CT molecular complexity index is 771. The summed E-state index contributed by atoms with van der Waals surface area (Å²) in [7, 11) is -2.05. The average molecular weight is 364 g/mol. The van der Waals surface area contributed by atoms with Crippen molar-refractivity contribution in [3.63, 3.8) is 0 Å². The molecule has 8 heteroatoms. The number of sulfonamides is 1. The highest BCUT2D eigenvalue weighted by molar-refractivity contribution is 7.89. The largest absolute Gasteiger partial charge is 0.352 e. The van der Waals surface area contributed by atoms with E-state index in [1.165, 1.54) is 7.05 Å². The number of amides is 1. The molecule has 1 amide bonds. The maximum Gasteiger partial charge on any atom is 0.240 e. The molecule has 2 aromatic rings. The quantitative estimate of drug-likeness (QED) is 0.702. The van der Waals surface area contributed by atoms with Crippen molar-refractivity contribution in [3.05, 3.63) is 48.5 Å². The Kier molecular flexibility index (Phi) is 6.72. The standard InChI is InChI=1S/C17H24N4O3S/c1-3-15(12-21-11-10-19-13-21)20-17(22)9-6-14-4-7-16(8-5-14)25(23,24)18-2/h4-5,7-8,10-11,13,15,18H,3,6,9,12H2,1-2H3,(H,20,22)/t15-/m1/s1. The Balaban J connectivity index is 1.84. The Morgan fingerprint density at radius 3 is 2.56 bits per heavy atom. The van der Waals surface area contributed by atoms with Gasteiger partial charge < -0.3 is 9.88 Å². The summed E-state index contributed by atoms with van der Waals surface area (Å²) in [5.41, 5.74) is 0.924. The van der Waals surface area contributed by atoms with Gasteiger partial charge in [0, 0.05) is 31.4 Å². The van der Waals surface area contributed by atoms with E-state index >= 15 is 0 Å². The molecule has 25 heavy (non-hydrogen) atoms. The van der Waals surface area contributed by atoms with Gasteiger partial charge in [0.25, 0.3) is 0 Å². The Morgan fingerprint density at radius 1 is 1.28 bits per heavy atom. The molecule has 0 bridgehead atoms. The lowest BCUT2D eigenvalue weighted by atomic mass is 10.1. The van der Waals surface area contributed by atoms with E-state index in [9.17, 15) is 13.2 Å². The first-order valence-electron chi connectivity index (χ1n) is 8.22. The van der Waals surface area contributed by atoms with E-state index < -0.39 is 10.0 Å². The molecule has 7 nitrogen and oxygen atoms in total. The maximum absolute atomic E-state index is 12.1. The lowest BCUT2D eigenvalue weighted by molar-refractivity contribution is -0.121. The molecule has 1 heterocycles. The van der Waals surface area contributed by atoms with Gasteiger partial charge in [0.2, 0.25) is 15.9 Å². The molecule has 0 aliphatic heterocycles. The topological polar surface area (TPSA) is 93.1 Å². The molecule has 136 valence electrons. The predicted octanol–water partition coefficient (Wildman–Crippen LogP) is 1.32. The number of nitrogens with zero attached hydrogens (tertiary/aromatic N) is 2. The van der Waals surface area contributed by atoms with E-state index in [0.29, 0.717) is 19.4 Å². The van der Waals surface area contributed by atoms with Gasteiger partial charge in [-0.05, 0) is 37.6 Å². The number of carbonyl (C=O) groups excluding carboxylic acids is 1. The first kappa shape index (κ1) is 19.1. The number of rotatable bonds is 9. The van der Waals surface area contributed by atoms with Crippen LogP contribution in [0.2, 0.25) is 0 Å². The van der Waals surface area contributed by atoms with Crippen LogP contribution in [-0.2, 0) is 27.8 Å². The predicted molar refractivity (Wildman–Crippen MR) is 95.5 cm³/mol. The molecule has 2 N–H and O–H groups in total. The minimum absolute atomic E-state index is 0.0149. The van der Waals surface area contributed by atoms with E-state index in [4.69, 9.17) is 0 Å². The van der Waals surface area contributed by atoms with Gasteiger partial charge in [-0.25, -0.2) is 18.1 Å². The third-order valence-corrected chi connectivity index (χ3v) is 5.42. The summed E-state index contributed by atoms with van der Waals surface area (Å²) in [5, 5.41) is 3.03. The van der Waals surface area contributed by atoms with Gasteiger partial charge in [0.05, 0.1) is 11.2 Å². The summed E-state index contributed by atoms with van der Waals surface area (Å²) < 4.78 is 27.6. The van der Waals surface area contributed by atoms with Crippen molar-refractivity contribution in [1.82, 2.24) is 19.6 Å². The molecule has 1 aromatic heterocycles. The number of aryl methyl sites for hydroxylation is 1. The highest BCUT2D eigenvalue weighted by atomic mass is 32.2. The van der Waals surface area contributed by atoms with Crippen LogP contribution in [0.5, 0.6) is 0 Å². The number of hydrogen-bond acceptors (Lipinski definition) is 4. The molecule has 0 saturated heterocycles. The number of carbonyl (C=O) groups is 1. The maximum atomic E-state index is 12.1. The summed E-state index contributed by atoms with van der Waals surface area (Å²) in [6, 6.07) is 6.63. The van der Waals surface area contributed by atoms with E-state index in [-0.39, 0.29) is 16.8 Å². The highest BCUT2D eigenvalue weighted by Gasteiger charge is 2.13. The molecular weight excluding hydrogens is 340 g/mol. The fourth-order valence-corrected chi connectivity index (χ4v) is 3.17. The molecule has 0 unspecified atom stereocenters. The molecule has 1 atom stereocenters. The van der Waals surface area contributed by atoms with Gasteiger partial charge in [-0.2, -0.15) is 0 Å². The molecular formula is C17H24N4O3S. The fraction of sp³-hybridized carbons (Fsp3) is 0.412. The first-order valence-corrected chi connectivity index (χ1v) is 9.70. The van der Waals surface area contributed by atoms with Crippen LogP contribution >= 0.6 is 0 Å². The third-order valence-electron chi connectivity index (χ3n) is 3.99. The second-order valence-corrected chi connectivity index (χ2v) is 7.67. The monoisotopic (exact) mass is 364 g/mol. The van der Waals surface area contributed by atoms with E-state index in [1.54, 1.807) is 36.8 Å². The van der Waals surface area contributed by atoms with Gasteiger partial charge in [-0.3, -0.25) is 4.79 Å². The fourth-order valence-electron chi connectivity index (χ4n) is 2.44. The van der Waals surface area contributed by atoms with Gasteiger partial charge in [0.1, 0.15) is 0 Å². The Hall–Kier alpha value is -2.19. The van der Waals surface area contributed by atoms with Crippen LogP contribution in [-0.4, -0.2) is 37.0 Å². The van der Waals surface area contributed by atoms with Crippen molar-refractivity contribution in [1.29, 1.82) is 0 Å². The van der Waals surface area contributed by atoms with Gasteiger partial charge >= 0.3 is 0 Å². The first-order chi connectivity index (χ1) is 11.9. The number of benzene rings is 1. The summed E-state index contributed by atoms with van der Waals surface area (Å²) in [6.07, 6.45) is 7.07. The molecule has 0 spiro atoms. The van der Waals surface area contributed by atoms with Crippen LogP contribution < -0.4 is 10.0 Å².